The summed E-state index contributed by atoms with van der Waals surface area (Å²) in [7, 11) is 1.60. The lowest BCUT2D eigenvalue weighted by atomic mass is 10.1. The van der Waals surface area contributed by atoms with Crippen LogP contribution < -0.4 is 15.4 Å². The van der Waals surface area contributed by atoms with E-state index in [4.69, 9.17) is 9.84 Å². The summed E-state index contributed by atoms with van der Waals surface area (Å²) in [5.41, 5.74) is 2.58. The van der Waals surface area contributed by atoms with Crippen LogP contribution in [0.25, 0.3) is 11.3 Å². The molecule has 0 saturated carbocycles. The molecule has 0 bridgehead atoms. The van der Waals surface area contributed by atoms with Gasteiger partial charge in [0.15, 0.2) is 5.13 Å². The maximum atomic E-state index is 12.6. The van der Waals surface area contributed by atoms with Gasteiger partial charge in [0.2, 0.25) is 5.91 Å². The molecule has 3 N–H and O–H groups in total. The Balaban J connectivity index is 1.65. The summed E-state index contributed by atoms with van der Waals surface area (Å²) in [5, 5.41) is 17.1. The van der Waals surface area contributed by atoms with Gasteiger partial charge in [-0.15, -0.1) is 11.3 Å². The molecule has 0 aliphatic rings. The zero-order chi connectivity index (χ0) is 20.6. The third-order valence-corrected chi connectivity index (χ3v) is 4.97. The third-order valence-electron chi connectivity index (χ3n) is 4.21. The van der Waals surface area contributed by atoms with Crippen molar-refractivity contribution >= 4 is 28.3 Å². The Morgan fingerprint density at radius 2 is 1.86 bits per heavy atom. The Kier molecular flexibility index (Phi) is 6.94. The summed E-state index contributed by atoms with van der Waals surface area (Å²) in [4.78, 5) is 28.2. The van der Waals surface area contributed by atoms with E-state index in [0.29, 0.717) is 11.7 Å². The molecule has 1 unspecified atom stereocenters. The molecule has 0 radical (unpaired) electrons. The summed E-state index contributed by atoms with van der Waals surface area (Å²) in [6, 6.07) is 16.1. The topological polar surface area (TPSA) is 101 Å². The number of carboxylic acids is 1. The Morgan fingerprint density at radius 3 is 2.52 bits per heavy atom. The molecule has 0 spiro atoms. The summed E-state index contributed by atoms with van der Waals surface area (Å²) >= 11 is 1.28. The van der Waals surface area contributed by atoms with Crippen molar-refractivity contribution in [1.82, 2.24) is 10.3 Å². The van der Waals surface area contributed by atoms with Gasteiger partial charge in [0.05, 0.1) is 25.3 Å². The molecule has 1 heterocycles. The van der Waals surface area contributed by atoms with E-state index in [9.17, 15) is 9.59 Å². The van der Waals surface area contributed by atoms with E-state index in [-0.39, 0.29) is 6.42 Å². The Hall–Kier alpha value is -3.23. The molecular weight excluding hydrogens is 390 g/mol. The first-order chi connectivity index (χ1) is 14.0. The largest absolute Gasteiger partial charge is 0.497 e. The van der Waals surface area contributed by atoms with Crippen LogP contribution in [0.5, 0.6) is 5.75 Å². The normalized spacial score (nSPS) is 11.6. The van der Waals surface area contributed by atoms with Crippen molar-refractivity contribution in [3.63, 3.8) is 0 Å². The van der Waals surface area contributed by atoms with Crippen molar-refractivity contribution in [1.29, 1.82) is 0 Å². The van der Waals surface area contributed by atoms with Crippen LogP contribution in [0.15, 0.2) is 60.0 Å². The second-order valence-corrected chi connectivity index (χ2v) is 7.13. The quantitative estimate of drug-likeness (QED) is 0.499. The number of methoxy groups -OCH3 is 1. The number of aliphatic carboxylic acids is 1. The maximum absolute atomic E-state index is 12.6. The lowest BCUT2D eigenvalue weighted by Gasteiger charge is -2.16. The third kappa shape index (κ3) is 5.87. The van der Waals surface area contributed by atoms with Gasteiger partial charge in [-0.25, -0.2) is 4.98 Å². The van der Waals surface area contributed by atoms with Crippen LogP contribution in [-0.2, 0) is 16.1 Å². The van der Waals surface area contributed by atoms with Gasteiger partial charge in [-0.3, -0.25) is 9.59 Å². The molecular formula is C21H21N3O4S. The number of aromatic nitrogens is 1. The van der Waals surface area contributed by atoms with Crippen LogP contribution in [0.3, 0.4) is 0 Å². The highest BCUT2D eigenvalue weighted by atomic mass is 32.1. The van der Waals surface area contributed by atoms with Gasteiger partial charge in [-0.05, 0) is 29.8 Å². The fourth-order valence-corrected chi connectivity index (χ4v) is 3.41. The number of amides is 1. The van der Waals surface area contributed by atoms with Crippen molar-refractivity contribution in [3.05, 3.63) is 65.5 Å². The molecule has 3 rings (SSSR count). The molecule has 150 valence electrons. The fourth-order valence-electron chi connectivity index (χ4n) is 2.69. The highest BCUT2D eigenvalue weighted by Crippen LogP contribution is 2.26. The molecule has 29 heavy (non-hydrogen) atoms. The first kappa shape index (κ1) is 20.5. The van der Waals surface area contributed by atoms with E-state index in [1.807, 2.05) is 60.0 Å². The summed E-state index contributed by atoms with van der Waals surface area (Å²) < 4.78 is 5.15. The lowest BCUT2D eigenvalue weighted by molar-refractivity contribution is -0.139. The van der Waals surface area contributed by atoms with E-state index < -0.39 is 17.9 Å². The Labute approximate surface area is 172 Å². The second kappa shape index (κ2) is 9.81. The number of thiazole rings is 1. The average Bonchev–Trinajstić information content (AvgIpc) is 3.20. The van der Waals surface area contributed by atoms with E-state index in [1.165, 1.54) is 11.3 Å². The van der Waals surface area contributed by atoms with Crippen molar-refractivity contribution in [2.24, 2.45) is 0 Å². The van der Waals surface area contributed by atoms with Gasteiger partial charge in [-0.1, -0.05) is 30.3 Å². The zero-order valence-corrected chi connectivity index (χ0v) is 16.6. The van der Waals surface area contributed by atoms with E-state index in [1.54, 1.807) is 7.11 Å². The number of nitrogens with one attached hydrogen (secondary N) is 2. The second-order valence-electron chi connectivity index (χ2n) is 6.27. The SMILES string of the molecule is COc1ccc(-c2csc(NC(=O)C(CC(=O)O)NCc3ccccc3)n2)cc1. The number of benzene rings is 2. The first-order valence-electron chi connectivity index (χ1n) is 8.95. The zero-order valence-electron chi connectivity index (χ0n) is 15.8. The number of rotatable bonds is 9. The van der Waals surface area contributed by atoms with Crippen molar-refractivity contribution in [2.75, 3.05) is 12.4 Å². The summed E-state index contributed by atoms with van der Waals surface area (Å²) in [6.45, 7) is 0.390. The van der Waals surface area contributed by atoms with Crippen molar-refractivity contribution in [3.8, 4) is 17.0 Å². The van der Waals surface area contributed by atoms with Gasteiger partial charge >= 0.3 is 5.97 Å². The molecule has 2 aromatic carbocycles. The monoisotopic (exact) mass is 411 g/mol. The summed E-state index contributed by atoms with van der Waals surface area (Å²) in [6.07, 6.45) is -0.324. The molecule has 7 nitrogen and oxygen atoms in total. The number of ether oxygens (including phenoxy) is 1. The molecule has 1 amide bonds. The summed E-state index contributed by atoms with van der Waals surface area (Å²) in [5.74, 6) is -0.735. The van der Waals surface area contributed by atoms with Crippen molar-refractivity contribution < 1.29 is 19.4 Å². The van der Waals surface area contributed by atoms with Gasteiger partial charge in [0.25, 0.3) is 0 Å². The molecule has 0 aliphatic heterocycles. The molecule has 0 aliphatic carbocycles. The van der Waals surface area contributed by atoms with Crippen LogP contribution in [0, 0.1) is 0 Å². The highest BCUT2D eigenvalue weighted by Gasteiger charge is 2.22. The van der Waals surface area contributed by atoms with Crippen LogP contribution >= 0.6 is 11.3 Å². The smallest absolute Gasteiger partial charge is 0.305 e. The van der Waals surface area contributed by atoms with Crippen LogP contribution in [-0.4, -0.2) is 35.1 Å². The molecule has 0 saturated heterocycles. The van der Waals surface area contributed by atoms with Crippen LogP contribution in [0.4, 0.5) is 5.13 Å². The Bertz CT molecular complexity index is 958. The van der Waals surface area contributed by atoms with Crippen LogP contribution in [0.2, 0.25) is 0 Å². The predicted octanol–water partition coefficient (Wildman–Crippen LogP) is 3.39. The number of anilines is 1. The molecule has 1 atom stereocenters. The number of carbonyl (C=O) groups is 2. The molecule has 0 fully saturated rings. The number of carbonyl (C=O) groups excluding carboxylic acids is 1. The lowest BCUT2D eigenvalue weighted by Crippen LogP contribution is -2.41. The number of nitrogens with zero attached hydrogens (tertiary/aromatic N) is 1. The first-order valence-corrected chi connectivity index (χ1v) is 9.83. The number of carboxylic acid groups (broad SMARTS) is 1. The standard InChI is InChI=1S/C21H21N3O4S/c1-28-16-9-7-15(8-10-16)18-13-29-21(23-18)24-20(27)17(11-19(25)26)22-12-14-5-3-2-4-6-14/h2-10,13,17,22H,11-12H2,1H3,(H,25,26)(H,23,24,27). The van der Waals surface area contributed by atoms with Crippen LogP contribution in [0.1, 0.15) is 12.0 Å². The predicted molar refractivity (Wildman–Crippen MR) is 112 cm³/mol. The minimum atomic E-state index is -1.05. The number of hydrogen-bond acceptors (Lipinski definition) is 6. The van der Waals surface area contributed by atoms with E-state index in [2.05, 4.69) is 15.6 Å². The molecule has 1 aromatic heterocycles. The average molecular weight is 411 g/mol. The number of hydrogen-bond donors (Lipinski definition) is 3. The Morgan fingerprint density at radius 1 is 1.14 bits per heavy atom. The van der Waals surface area contributed by atoms with E-state index >= 15 is 0 Å². The highest BCUT2D eigenvalue weighted by molar-refractivity contribution is 7.14. The fraction of sp³-hybridized carbons (Fsp3) is 0.190. The van der Waals surface area contributed by atoms with Gasteiger partial charge in [0.1, 0.15) is 5.75 Å². The molecule has 8 heteroatoms. The van der Waals surface area contributed by atoms with Gasteiger partial charge < -0.3 is 20.5 Å². The maximum Gasteiger partial charge on any atom is 0.305 e. The van der Waals surface area contributed by atoms with E-state index in [0.717, 1.165) is 22.6 Å². The minimum absolute atomic E-state index is 0.324. The molecule has 3 aromatic rings. The van der Waals surface area contributed by atoms with Gasteiger partial charge in [0, 0.05) is 17.5 Å². The minimum Gasteiger partial charge on any atom is -0.497 e. The van der Waals surface area contributed by atoms with Crippen molar-refractivity contribution in [2.45, 2.75) is 19.0 Å². The van der Waals surface area contributed by atoms with Gasteiger partial charge in [-0.2, -0.15) is 0 Å².